The molecule has 2 aromatic heterocycles. The highest BCUT2D eigenvalue weighted by Crippen LogP contribution is 2.50. The van der Waals surface area contributed by atoms with Crippen LogP contribution in [-0.4, -0.2) is 49.3 Å². The molecule has 0 saturated heterocycles. The van der Waals surface area contributed by atoms with E-state index in [1.165, 1.54) is 4.90 Å². The van der Waals surface area contributed by atoms with Gasteiger partial charge in [0.1, 0.15) is 17.2 Å². The summed E-state index contributed by atoms with van der Waals surface area (Å²) in [5, 5.41) is 1.60. The molecule has 0 aliphatic heterocycles. The van der Waals surface area contributed by atoms with E-state index in [2.05, 4.69) is 0 Å². The largest absolute Gasteiger partial charge is 0.496 e. The number of likely N-dealkylation sites (N-methyl/N-ethyl adjacent to an activating group) is 1. The molecule has 5 aromatic rings. The van der Waals surface area contributed by atoms with Crippen LogP contribution in [0.2, 0.25) is 0 Å². The van der Waals surface area contributed by atoms with Gasteiger partial charge in [-0.15, -0.1) is 0 Å². The summed E-state index contributed by atoms with van der Waals surface area (Å²) in [6.07, 6.45) is 0. The molecule has 0 atom stereocenters. The van der Waals surface area contributed by atoms with E-state index in [-0.39, 0.29) is 5.69 Å². The first kappa shape index (κ1) is 21.5. The van der Waals surface area contributed by atoms with Gasteiger partial charge in [-0.1, -0.05) is 60.7 Å². The quantitative estimate of drug-likeness (QED) is 0.264. The fourth-order valence-electron chi connectivity index (χ4n) is 4.60. The van der Waals surface area contributed by atoms with Gasteiger partial charge in [0.05, 0.1) is 30.8 Å². The van der Waals surface area contributed by atoms with Gasteiger partial charge in [-0.25, -0.2) is 0 Å². The van der Waals surface area contributed by atoms with Gasteiger partial charge >= 0.3 is 0 Å². The lowest BCUT2D eigenvalue weighted by Gasteiger charge is -2.12. The minimum atomic E-state index is -0.591. The Hall–Kier alpha value is -4.32. The number of hydrogen-bond acceptors (Lipinski definition) is 4. The van der Waals surface area contributed by atoms with Crippen LogP contribution in [0.4, 0.5) is 0 Å². The van der Waals surface area contributed by atoms with E-state index in [1.54, 1.807) is 34.4 Å². The minimum absolute atomic E-state index is 0.284. The van der Waals surface area contributed by atoms with Crippen molar-refractivity contribution in [3.8, 4) is 33.9 Å². The molecule has 6 heteroatoms. The van der Waals surface area contributed by atoms with Crippen molar-refractivity contribution in [2.24, 2.45) is 0 Å². The Morgan fingerprint density at radius 2 is 1.38 bits per heavy atom. The number of nitrogens with zero attached hydrogens (tertiary/aromatic N) is 2. The molecule has 2 heterocycles. The summed E-state index contributed by atoms with van der Waals surface area (Å²) in [5.41, 5.74) is 4.71. The Bertz CT molecular complexity index is 1520. The third-order valence-electron chi connectivity index (χ3n) is 6.10. The van der Waals surface area contributed by atoms with Crippen molar-refractivity contribution in [2.75, 3.05) is 28.3 Å². The van der Waals surface area contributed by atoms with E-state index in [0.29, 0.717) is 11.5 Å². The third-order valence-corrected chi connectivity index (χ3v) is 6.10. The number of hydrogen-bond donors (Lipinski definition) is 0. The predicted octanol–water partition coefficient (Wildman–Crippen LogP) is 5.15. The first-order chi connectivity index (χ1) is 16.5. The summed E-state index contributed by atoms with van der Waals surface area (Å²) in [5.74, 6) is 0.0249. The zero-order chi connectivity index (χ0) is 24.0. The molecule has 3 aromatic carbocycles. The van der Waals surface area contributed by atoms with E-state index in [9.17, 15) is 9.59 Å². The molecular weight excluding hydrogens is 428 g/mol. The normalized spacial score (nSPS) is 11.2. The van der Waals surface area contributed by atoms with Gasteiger partial charge in [0.2, 0.25) is 0 Å². The first-order valence-corrected chi connectivity index (χ1v) is 10.9. The molecule has 1 amide bonds. The lowest BCUT2D eigenvalue weighted by molar-refractivity contribution is -0.124. The number of amides is 1. The van der Waals surface area contributed by atoms with Gasteiger partial charge in [0.15, 0.2) is 0 Å². The summed E-state index contributed by atoms with van der Waals surface area (Å²) in [6, 6.07) is 23.4. The molecular formula is C28H24N2O4. The molecule has 34 heavy (non-hydrogen) atoms. The Morgan fingerprint density at radius 3 is 1.94 bits per heavy atom. The van der Waals surface area contributed by atoms with Crippen molar-refractivity contribution >= 4 is 28.0 Å². The number of benzene rings is 3. The van der Waals surface area contributed by atoms with Crippen molar-refractivity contribution in [3.63, 3.8) is 0 Å². The topological polar surface area (TPSA) is 60.2 Å². The highest BCUT2D eigenvalue weighted by Gasteiger charge is 2.31. The van der Waals surface area contributed by atoms with Crippen LogP contribution < -0.4 is 9.47 Å². The zero-order valence-electron chi connectivity index (χ0n) is 19.5. The highest BCUT2D eigenvalue weighted by molar-refractivity contribution is 6.43. The molecule has 0 unspecified atom stereocenters. The van der Waals surface area contributed by atoms with Crippen molar-refractivity contribution in [2.45, 2.75) is 0 Å². The van der Waals surface area contributed by atoms with Crippen LogP contribution in [0, 0.1) is 0 Å². The molecule has 5 rings (SSSR count). The summed E-state index contributed by atoms with van der Waals surface area (Å²) in [7, 11) is 6.35. The molecule has 0 N–H and O–H groups in total. The van der Waals surface area contributed by atoms with Crippen LogP contribution in [0.25, 0.3) is 38.7 Å². The lowest BCUT2D eigenvalue weighted by Crippen LogP contribution is -2.30. The van der Waals surface area contributed by atoms with Crippen LogP contribution in [-0.2, 0) is 4.79 Å². The van der Waals surface area contributed by atoms with Crippen molar-refractivity contribution in [1.82, 2.24) is 9.30 Å². The fraction of sp³-hybridized carbons (Fsp3) is 0.143. The van der Waals surface area contributed by atoms with Crippen molar-refractivity contribution in [1.29, 1.82) is 0 Å². The highest BCUT2D eigenvalue weighted by atomic mass is 16.5. The van der Waals surface area contributed by atoms with E-state index in [0.717, 1.165) is 38.7 Å². The third kappa shape index (κ3) is 3.10. The summed E-state index contributed by atoms with van der Waals surface area (Å²) < 4.78 is 13.4. The lowest BCUT2D eigenvalue weighted by atomic mass is 9.96. The molecule has 0 aliphatic rings. The molecule has 6 nitrogen and oxygen atoms in total. The number of carbonyl (C=O) groups excluding carboxylic acids is 2. The van der Waals surface area contributed by atoms with Gasteiger partial charge in [-0.3, -0.25) is 9.59 Å². The Labute approximate surface area is 197 Å². The summed E-state index contributed by atoms with van der Waals surface area (Å²) in [4.78, 5) is 27.5. The van der Waals surface area contributed by atoms with Gasteiger partial charge in [0.25, 0.3) is 11.7 Å². The van der Waals surface area contributed by atoms with E-state index >= 15 is 0 Å². The van der Waals surface area contributed by atoms with E-state index in [4.69, 9.17) is 9.47 Å². The van der Waals surface area contributed by atoms with Crippen molar-refractivity contribution < 1.29 is 19.1 Å². The number of ether oxygens (including phenoxy) is 2. The predicted molar refractivity (Wildman–Crippen MR) is 133 cm³/mol. The SMILES string of the molecule is COc1cc(OC)c2c(-c3ccccc3)c(-c3ccccc3)n3c(C(=O)C(=O)N(C)C)cc1c23. The van der Waals surface area contributed by atoms with Crippen LogP contribution in [0.1, 0.15) is 10.5 Å². The van der Waals surface area contributed by atoms with Crippen LogP contribution in [0.15, 0.2) is 72.8 Å². The average Bonchev–Trinajstić information content (AvgIpc) is 3.43. The maximum atomic E-state index is 13.4. The number of Topliss-reactive ketones (excluding diaryl/α,β-unsaturated/α-hetero) is 1. The molecule has 0 fully saturated rings. The second-order valence-corrected chi connectivity index (χ2v) is 8.27. The number of carbonyl (C=O) groups is 2. The molecule has 0 saturated carbocycles. The Kier molecular flexibility index (Phi) is 5.21. The number of methoxy groups -OCH3 is 2. The Morgan fingerprint density at radius 1 is 0.794 bits per heavy atom. The second-order valence-electron chi connectivity index (χ2n) is 8.27. The molecule has 0 spiro atoms. The second kappa shape index (κ2) is 8.23. The summed E-state index contributed by atoms with van der Waals surface area (Å²) >= 11 is 0. The standard InChI is InChI=1S/C28H24N2O4/c1-29(2)28(32)27(31)20-15-19-21(33-3)16-22(34-4)24-23(17-11-7-5-8-12-17)25(30(20)26(19)24)18-13-9-6-10-14-18/h5-16H,1-4H3. The van der Waals surface area contributed by atoms with Gasteiger partial charge in [-0.05, 0) is 17.2 Å². The molecule has 0 aliphatic carbocycles. The van der Waals surface area contributed by atoms with Crippen LogP contribution >= 0.6 is 0 Å². The van der Waals surface area contributed by atoms with Crippen LogP contribution in [0.5, 0.6) is 11.5 Å². The smallest absolute Gasteiger partial charge is 0.296 e. The Balaban J connectivity index is 2.04. The minimum Gasteiger partial charge on any atom is -0.496 e. The van der Waals surface area contributed by atoms with Crippen molar-refractivity contribution in [3.05, 3.63) is 78.5 Å². The van der Waals surface area contributed by atoms with Crippen LogP contribution in [0.3, 0.4) is 0 Å². The number of rotatable bonds is 6. The zero-order valence-corrected chi connectivity index (χ0v) is 19.5. The number of aromatic nitrogens is 1. The fourth-order valence-corrected chi connectivity index (χ4v) is 4.60. The number of ketones is 1. The average molecular weight is 453 g/mol. The molecule has 0 bridgehead atoms. The van der Waals surface area contributed by atoms with E-state index in [1.807, 2.05) is 71.1 Å². The molecule has 170 valence electrons. The van der Waals surface area contributed by atoms with Gasteiger partial charge in [0, 0.05) is 31.1 Å². The first-order valence-electron chi connectivity index (χ1n) is 10.9. The maximum Gasteiger partial charge on any atom is 0.296 e. The summed E-state index contributed by atoms with van der Waals surface area (Å²) in [6.45, 7) is 0. The maximum absolute atomic E-state index is 13.4. The monoisotopic (exact) mass is 452 g/mol. The van der Waals surface area contributed by atoms with Gasteiger partial charge < -0.3 is 18.8 Å². The van der Waals surface area contributed by atoms with Gasteiger partial charge in [-0.2, -0.15) is 0 Å². The molecule has 0 radical (unpaired) electrons. The van der Waals surface area contributed by atoms with E-state index < -0.39 is 11.7 Å².